The summed E-state index contributed by atoms with van der Waals surface area (Å²) in [6, 6.07) is 14.4. The standard InChI is InChI=1S/C18H18Cl2N2O2/c1-13(23)22(16-10-6-9-15(19)18(16)20)12-11-17(24)21(2)14-7-4-3-5-8-14/h3-10H,11-12H2,1-2H3. The Labute approximate surface area is 151 Å². The van der Waals surface area contributed by atoms with Gasteiger partial charge >= 0.3 is 0 Å². The molecule has 4 nitrogen and oxygen atoms in total. The number of halogens is 2. The van der Waals surface area contributed by atoms with Gasteiger partial charge in [0.05, 0.1) is 15.7 Å². The number of nitrogens with zero attached hydrogens (tertiary/aromatic N) is 2. The summed E-state index contributed by atoms with van der Waals surface area (Å²) in [5, 5.41) is 0.673. The van der Waals surface area contributed by atoms with Crippen molar-refractivity contribution in [1.29, 1.82) is 0 Å². The van der Waals surface area contributed by atoms with Gasteiger partial charge in [0.1, 0.15) is 0 Å². The molecule has 2 amide bonds. The molecule has 0 radical (unpaired) electrons. The van der Waals surface area contributed by atoms with Crippen molar-refractivity contribution in [2.75, 3.05) is 23.4 Å². The van der Waals surface area contributed by atoms with E-state index in [1.54, 1.807) is 30.1 Å². The molecular formula is C18H18Cl2N2O2. The van der Waals surface area contributed by atoms with E-state index in [4.69, 9.17) is 23.2 Å². The summed E-state index contributed by atoms with van der Waals surface area (Å²) in [4.78, 5) is 27.4. The lowest BCUT2D eigenvalue weighted by atomic mass is 10.2. The smallest absolute Gasteiger partial charge is 0.228 e. The van der Waals surface area contributed by atoms with Crippen LogP contribution in [-0.2, 0) is 9.59 Å². The molecule has 0 atom stereocenters. The minimum atomic E-state index is -0.200. The number of amides is 2. The van der Waals surface area contributed by atoms with E-state index in [9.17, 15) is 9.59 Å². The summed E-state index contributed by atoms with van der Waals surface area (Å²) in [5.41, 5.74) is 1.31. The van der Waals surface area contributed by atoms with E-state index >= 15 is 0 Å². The Morgan fingerprint density at radius 2 is 1.67 bits per heavy atom. The minimum absolute atomic E-state index is 0.0920. The fourth-order valence-electron chi connectivity index (χ4n) is 2.32. The van der Waals surface area contributed by atoms with Gasteiger partial charge in [-0.25, -0.2) is 0 Å². The Morgan fingerprint density at radius 3 is 2.29 bits per heavy atom. The summed E-state index contributed by atoms with van der Waals surface area (Å²) < 4.78 is 0. The first-order chi connectivity index (χ1) is 11.4. The molecule has 6 heteroatoms. The van der Waals surface area contributed by atoms with Crippen LogP contribution in [0.25, 0.3) is 0 Å². The molecule has 0 aliphatic carbocycles. The molecule has 0 N–H and O–H groups in total. The summed E-state index contributed by atoms with van der Waals surface area (Å²) in [7, 11) is 1.71. The molecule has 0 fully saturated rings. The van der Waals surface area contributed by atoms with Gasteiger partial charge in [0.25, 0.3) is 0 Å². The molecule has 24 heavy (non-hydrogen) atoms. The second-order valence-corrected chi connectivity index (χ2v) is 6.07. The number of carbonyl (C=O) groups excluding carboxylic acids is 2. The lowest BCUT2D eigenvalue weighted by Crippen LogP contribution is -2.34. The van der Waals surface area contributed by atoms with E-state index in [0.717, 1.165) is 5.69 Å². The van der Waals surface area contributed by atoms with Gasteiger partial charge < -0.3 is 9.80 Å². The predicted octanol–water partition coefficient (Wildman–Crippen LogP) is 4.40. The van der Waals surface area contributed by atoms with Crippen molar-refractivity contribution in [3.05, 3.63) is 58.6 Å². The van der Waals surface area contributed by atoms with E-state index in [-0.39, 0.29) is 24.8 Å². The number of hydrogen-bond acceptors (Lipinski definition) is 2. The normalized spacial score (nSPS) is 10.3. The molecule has 2 rings (SSSR count). The lowest BCUT2D eigenvalue weighted by molar-refractivity contribution is -0.118. The average Bonchev–Trinajstić information content (AvgIpc) is 2.58. The zero-order valence-electron chi connectivity index (χ0n) is 13.5. The predicted molar refractivity (Wildman–Crippen MR) is 99.0 cm³/mol. The number of benzene rings is 2. The number of para-hydroxylation sites is 1. The van der Waals surface area contributed by atoms with Gasteiger partial charge in [0.2, 0.25) is 11.8 Å². The first-order valence-corrected chi connectivity index (χ1v) is 8.21. The molecule has 126 valence electrons. The number of hydrogen-bond donors (Lipinski definition) is 0. The van der Waals surface area contributed by atoms with Gasteiger partial charge in [-0.2, -0.15) is 0 Å². The number of rotatable bonds is 5. The van der Waals surface area contributed by atoms with Crippen molar-refractivity contribution in [2.24, 2.45) is 0 Å². The fourth-order valence-corrected chi connectivity index (χ4v) is 2.72. The number of anilines is 2. The second kappa shape index (κ2) is 8.18. The fraction of sp³-hybridized carbons (Fsp3) is 0.222. The van der Waals surface area contributed by atoms with Crippen molar-refractivity contribution >= 4 is 46.4 Å². The molecule has 0 bridgehead atoms. The molecule has 0 aliphatic rings. The molecule has 0 saturated carbocycles. The van der Waals surface area contributed by atoms with Crippen LogP contribution >= 0.6 is 23.2 Å². The molecule has 2 aromatic carbocycles. The summed E-state index contributed by atoms with van der Waals surface area (Å²) in [6.07, 6.45) is 0.174. The van der Waals surface area contributed by atoms with Gasteiger partial charge in [-0.05, 0) is 24.3 Å². The van der Waals surface area contributed by atoms with Crippen LogP contribution in [0.2, 0.25) is 10.0 Å². The molecule has 0 aliphatic heterocycles. The molecule has 0 saturated heterocycles. The van der Waals surface area contributed by atoms with Gasteiger partial charge in [-0.15, -0.1) is 0 Å². The van der Waals surface area contributed by atoms with Crippen molar-refractivity contribution in [3.63, 3.8) is 0 Å². The Hall–Kier alpha value is -2.04. The van der Waals surface area contributed by atoms with Crippen molar-refractivity contribution in [3.8, 4) is 0 Å². The number of carbonyl (C=O) groups is 2. The van der Waals surface area contributed by atoms with Crippen LogP contribution in [0.1, 0.15) is 13.3 Å². The third-order valence-corrected chi connectivity index (χ3v) is 4.48. The van der Waals surface area contributed by atoms with Crippen LogP contribution in [0.3, 0.4) is 0 Å². The minimum Gasteiger partial charge on any atom is -0.315 e. The average molecular weight is 365 g/mol. The zero-order valence-corrected chi connectivity index (χ0v) is 15.0. The van der Waals surface area contributed by atoms with Gasteiger partial charge in [-0.1, -0.05) is 47.5 Å². The van der Waals surface area contributed by atoms with Crippen molar-refractivity contribution in [1.82, 2.24) is 0 Å². The van der Waals surface area contributed by atoms with E-state index < -0.39 is 0 Å². The first-order valence-electron chi connectivity index (χ1n) is 7.45. The molecule has 0 unspecified atom stereocenters. The van der Waals surface area contributed by atoms with Crippen LogP contribution < -0.4 is 9.80 Å². The molecule has 0 heterocycles. The zero-order chi connectivity index (χ0) is 17.7. The largest absolute Gasteiger partial charge is 0.315 e. The highest BCUT2D eigenvalue weighted by Gasteiger charge is 2.19. The summed E-state index contributed by atoms with van der Waals surface area (Å²) >= 11 is 12.2. The maximum Gasteiger partial charge on any atom is 0.228 e. The van der Waals surface area contributed by atoms with Gasteiger partial charge in [-0.3, -0.25) is 9.59 Å². The van der Waals surface area contributed by atoms with Crippen LogP contribution in [0.15, 0.2) is 48.5 Å². The third-order valence-electron chi connectivity index (χ3n) is 3.67. The Kier molecular flexibility index (Phi) is 6.23. The molecule has 0 aromatic heterocycles. The highest BCUT2D eigenvalue weighted by atomic mass is 35.5. The molecule has 2 aromatic rings. The second-order valence-electron chi connectivity index (χ2n) is 5.28. The van der Waals surface area contributed by atoms with E-state index in [1.165, 1.54) is 11.8 Å². The van der Waals surface area contributed by atoms with Crippen molar-refractivity contribution in [2.45, 2.75) is 13.3 Å². The van der Waals surface area contributed by atoms with Crippen LogP contribution in [0.5, 0.6) is 0 Å². The Balaban J connectivity index is 2.11. The molecular weight excluding hydrogens is 347 g/mol. The topological polar surface area (TPSA) is 40.6 Å². The maximum atomic E-state index is 12.4. The quantitative estimate of drug-likeness (QED) is 0.788. The van der Waals surface area contributed by atoms with E-state index in [1.807, 2.05) is 30.3 Å². The Morgan fingerprint density at radius 1 is 1.00 bits per heavy atom. The van der Waals surface area contributed by atoms with Crippen LogP contribution in [0.4, 0.5) is 11.4 Å². The first kappa shape index (κ1) is 18.3. The summed E-state index contributed by atoms with van der Waals surface area (Å²) in [5.74, 6) is -0.292. The van der Waals surface area contributed by atoms with Crippen molar-refractivity contribution < 1.29 is 9.59 Å². The van der Waals surface area contributed by atoms with Crippen LogP contribution in [0, 0.1) is 0 Å². The van der Waals surface area contributed by atoms with Gasteiger partial charge in [0, 0.05) is 32.6 Å². The van der Waals surface area contributed by atoms with E-state index in [2.05, 4.69) is 0 Å². The maximum absolute atomic E-state index is 12.4. The third kappa shape index (κ3) is 4.28. The monoisotopic (exact) mass is 364 g/mol. The highest BCUT2D eigenvalue weighted by Crippen LogP contribution is 2.32. The molecule has 0 spiro atoms. The summed E-state index contributed by atoms with van der Waals surface area (Å²) in [6.45, 7) is 1.66. The highest BCUT2D eigenvalue weighted by molar-refractivity contribution is 6.44. The van der Waals surface area contributed by atoms with E-state index in [0.29, 0.717) is 15.7 Å². The SMILES string of the molecule is CC(=O)N(CCC(=O)N(C)c1ccccc1)c1cccc(Cl)c1Cl. The van der Waals surface area contributed by atoms with Crippen LogP contribution in [-0.4, -0.2) is 25.4 Å². The van der Waals surface area contributed by atoms with Gasteiger partial charge in [0.15, 0.2) is 0 Å². The Bertz CT molecular complexity index is 735. The lowest BCUT2D eigenvalue weighted by Gasteiger charge is -2.24.